The van der Waals surface area contributed by atoms with Gasteiger partial charge in [-0.05, 0) is 24.6 Å². The molecule has 0 unspecified atom stereocenters. The third-order valence-corrected chi connectivity index (χ3v) is 4.07. The van der Waals surface area contributed by atoms with Crippen molar-refractivity contribution in [1.29, 1.82) is 0 Å². The number of hydrogen-bond donors (Lipinski definition) is 1. The first-order valence-corrected chi connectivity index (χ1v) is 7.10. The SMILES string of the molecule is COc1ccc([C@@H]2CC(=O)Nc3c2c(C)nn3C)cc1OC. The lowest BCUT2D eigenvalue weighted by atomic mass is 9.85. The van der Waals surface area contributed by atoms with E-state index >= 15 is 0 Å². The molecule has 1 aromatic carbocycles. The zero-order chi connectivity index (χ0) is 15.9. The van der Waals surface area contributed by atoms with E-state index in [1.807, 2.05) is 32.2 Å². The van der Waals surface area contributed by atoms with E-state index in [1.165, 1.54) is 0 Å². The van der Waals surface area contributed by atoms with E-state index in [0.717, 1.165) is 22.6 Å². The van der Waals surface area contributed by atoms with Crippen molar-refractivity contribution in [2.24, 2.45) is 7.05 Å². The third-order valence-electron chi connectivity index (χ3n) is 4.07. The number of carbonyl (C=O) groups excluding carboxylic acids is 1. The van der Waals surface area contributed by atoms with E-state index < -0.39 is 0 Å². The fourth-order valence-electron chi connectivity index (χ4n) is 3.06. The molecule has 6 heteroatoms. The maximum Gasteiger partial charge on any atom is 0.226 e. The van der Waals surface area contributed by atoms with Crippen LogP contribution >= 0.6 is 0 Å². The number of carbonyl (C=O) groups is 1. The number of aromatic nitrogens is 2. The van der Waals surface area contributed by atoms with Crippen molar-refractivity contribution < 1.29 is 14.3 Å². The van der Waals surface area contributed by atoms with Crippen LogP contribution in [-0.4, -0.2) is 29.9 Å². The number of benzene rings is 1. The Hall–Kier alpha value is -2.50. The van der Waals surface area contributed by atoms with Crippen LogP contribution in [0.4, 0.5) is 5.82 Å². The van der Waals surface area contributed by atoms with Crippen molar-refractivity contribution in [3.8, 4) is 11.5 Å². The molecule has 0 fully saturated rings. The summed E-state index contributed by atoms with van der Waals surface area (Å²) >= 11 is 0. The fourth-order valence-corrected chi connectivity index (χ4v) is 3.06. The first-order valence-electron chi connectivity index (χ1n) is 7.10. The Bertz CT molecular complexity index is 736. The van der Waals surface area contributed by atoms with Gasteiger partial charge in [0.15, 0.2) is 11.5 Å². The summed E-state index contributed by atoms with van der Waals surface area (Å²) in [5.74, 6) is 2.07. The molecular formula is C16H19N3O3. The van der Waals surface area contributed by atoms with Crippen molar-refractivity contribution in [1.82, 2.24) is 9.78 Å². The summed E-state index contributed by atoms with van der Waals surface area (Å²) in [6.45, 7) is 1.96. The quantitative estimate of drug-likeness (QED) is 0.944. The monoisotopic (exact) mass is 301 g/mol. The molecule has 0 bridgehead atoms. The molecule has 22 heavy (non-hydrogen) atoms. The summed E-state index contributed by atoms with van der Waals surface area (Å²) in [5.41, 5.74) is 3.01. The molecule has 116 valence electrons. The summed E-state index contributed by atoms with van der Waals surface area (Å²) in [5, 5.41) is 7.33. The maximum atomic E-state index is 12.0. The number of amides is 1. The highest BCUT2D eigenvalue weighted by atomic mass is 16.5. The van der Waals surface area contributed by atoms with Crippen molar-refractivity contribution >= 4 is 11.7 Å². The molecule has 1 amide bonds. The number of nitrogens with zero attached hydrogens (tertiary/aromatic N) is 2. The van der Waals surface area contributed by atoms with Crippen LogP contribution < -0.4 is 14.8 Å². The first-order chi connectivity index (χ1) is 10.5. The predicted octanol–water partition coefficient (Wildman–Crippen LogP) is 2.22. The molecule has 1 atom stereocenters. The number of anilines is 1. The number of rotatable bonds is 3. The van der Waals surface area contributed by atoms with Gasteiger partial charge >= 0.3 is 0 Å². The molecule has 1 aliphatic heterocycles. The molecule has 0 spiro atoms. The van der Waals surface area contributed by atoms with E-state index in [9.17, 15) is 4.79 Å². The van der Waals surface area contributed by atoms with Gasteiger partial charge in [0.1, 0.15) is 5.82 Å². The summed E-state index contributed by atoms with van der Waals surface area (Å²) in [7, 11) is 5.05. The molecule has 3 rings (SSSR count). The van der Waals surface area contributed by atoms with Crippen LogP contribution in [0.5, 0.6) is 11.5 Å². The number of methoxy groups -OCH3 is 2. The summed E-state index contributed by atoms with van der Waals surface area (Å²) in [6.07, 6.45) is 0.398. The predicted molar refractivity (Wildman–Crippen MR) is 82.6 cm³/mol. The number of nitrogens with one attached hydrogen (secondary N) is 1. The van der Waals surface area contributed by atoms with Crippen LogP contribution in [0.3, 0.4) is 0 Å². The van der Waals surface area contributed by atoms with Gasteiger partial charge in [-0.1, -0.05) is 6.07 Å². The lowest BCUT2D eigenvalue weighted by Gasteiger charge is -2.24. The Morgan fingerprint density at radius 3 is 2.68 bits per heavy atom. The van der Waals surface area contributed by atoms with Crippen molar-refractivity contribution in [2.75, 3.05) is 19.5 Å². The lowest BCUT2D eigenvalue weighted by Crippen LogP contribution is -2.24. The normalized spacial score (nSPS) is 16.9. The van der Waals surface area contributed by atoms with Crippen molar-refractivity contribution in [2.45, 2.75) is 19.3 Å². The molecule has 1 aliphatic rings. The average molecular weight is 301 g/mol. The minimum absolute atomic E-state index is 0.00437. The molecule has 0 saturated carbocycles. The standard InChI is InChI=1S/C16H19N3O3/c1-9-15-11(8-14(20)17-16(15)19(2)18-9)10-5-6-12(21-3)13(7-10)22-4/h5-7,11H,8H2,1-4H3,(H,17,20)/t11-/m0/s1. The Labute approximate surface area is 129 Å². The van der Waals surface area contributed by atoms with Gasteiger partial charge < -0.3 is 14.8 Å². The topological polar surface area (TPSA) is 65.4 Å². The van der Waals surface area contributed by atoms with Gasteiger partial charge in [-0.3, -0.25) is 9.48 Å². The lowest BCUT2D eigenvalue weighted by molar-refractivity contribution is -0.116. The van der Waals surface area contributed by atoms with E-state index in [4.69, 9.17) is 9.47 Å². The second kappa shape index (κ2) is 5.36. The third kappa shape index (κ3) is 2.20. The Morgan fingerprint density at radius 1 is 1.27 bits per heavy atom. The highest BCUT2D eigenvalue weighted by Gasteiger charge is 2.31. The zero-order valence-electron chi connectivity index (χ0n) is 13.1. The van der Waals surface area contributed by atoms with Gasteiger partial charge in [-0.15, -0.1) is 0 Å². The average Bonchev–Trinajstić information content (AvgIpc) is 2.80. The maximum absolute atomic E-state index is 12.0. The van der Waals surface area contributed by atoms with Gasteiger partial charge in [0.2, 0.25) is 5.91 Å². The molecular weight excluding hydrogens is 282 g/mol. The zero-order valence-corrected chi connectivity index (χ0v) is 13.1. The number of fused-ring (bicyclic) bond motifs is 1. The van der Waals surface area contributed by atoms with Crippen LogP contribution in [0.2, 0.25) is 0 Å². The second-order valence-electron chi connectivity index (χ2n) is 5.39. The number of hydrogen-bond acceptors (Lipinski definition) is 4. The van der Waals surface area contributed by atoms with Crippen molar-refractivity contribution in [3.63, 3.8) is 0 Å². The molecule has 0 saturated heterocycles. The van der Waals surface area contributed by atoms with Crippen molar-refractivity contribution in [3.05, 3.63) is 35.0 Å². The summed E-state index contributed by atoms with van der Waals surface area (Å²) in [4.78, 5) is 12.0. The minimum Gasteiger partial charge on any atom is -0.493 e. The van der Waals surface area contributed by atoms with E-state index in [-0.39, 0.29) is 11.8 Å². The molecule has 0 aliphatic carbocycles. The highest BCUT2D eigenvalue weighted by molar-refractivity contribution is 5.94. The van der Waals surface area contributed by atoms with Crippen LogP contribution in [0, 0.1) is 6.92 Å². The fraction of sp³-hybridized carbons (Fsp3) is 0.375. The highest BCUT2D eigenvalue weighted by Crippen LogP contribution is 2.41. The van der Waals surface area contributed by atoms with Crippen LogP contribution in [0.25, 0.3) is 0 Å². The second-order valence-corrected chi connectivity index (χ2v) is 5.39. The minimum atomic E-state index is -0.0303. The van der Waals surface area contributed by atoms with Gasteiger partial charge in [-0.25, -0.2) is 0 Å². The molecule has 1 aromatic heterocycles. The van der Waals surface area contributed by atoms with Gasteiger partial charge in [0.05, 0.1) is 19.9 Å². The van der Waals surface area contributed by atoms with Gasteiger partial charge in [-0.2, -0.15) is 5.10 Å². The van der Waals surface area contributed by atoms with E-state index in [2.05, 4.69) is 10.4 Å². The van der Waals surface area contributed by atoms with Crippen LogP contribution in [0.15, 0.2) is 18.2 Å². The molecule has 2 aromatic rings. The number of ether oxygens (including phenoxy) is 2. The Morgan fingerprint density at radius 2 is 2.00 bits per heavy atom. The molecule has 1 N–H and O–H groups in total. The van der Waals surface area contributed by atoms with Gasteiger partial charge in [0, 0.05) is 24.9 Å². The first kappa shape index (κ1) is 14.4. The molecule has 2 heterocycles. The number of aryl methyl sites for hydroxylation is 2. The Balaban J connectivity index is 2.11. The molecule has 6 nitrogen and oxygen atoms in total. The van der Waals surface area contributed by atoms with E-state index in [1.54, 1.807) is 18.9 Å². The molecule has 0 radical (unpaired) electrons. The summed E-state index contributed by atoms with van der Waals surface area (Å²) < 4.78 is 12.4. The van der Waals surface area contributed by atoms with Crippen LogP contribution in [-0.2, 0) is 11.8 Å². The van der Waals surface area contributed by atoms with Gasteiger partial charge in [0.25, 0.3) is 0 Å². The smallest absolute Gasteiger partial charge is 0.226 e. The largest absolute Gasteiger partial charge is 0.493 e. The van der Waals surface area contributed by atoms with E-state index in [0.29, 0.717) is 17.9 Å². The Kier molecular flexibility index (Phi) is 3.52. The summed E-state index contributed by atoms with van der Waals surface area (Å²) in [6, 6.07) is 5.77. The van der Waals surface area contributed by atoms with Crippen LogP contribution in [0.1, 0.15) is 29.2 Å².